The Labute approximate surface area is 161 Å². The van der Waals surface area contributed by atoms with E-state index in [-0.39, 0.29) is 19.0 Å². The van der Waals surface area contributed by atoms with Crippen LogP contribution in [-0.4, -0.2) is 52.3 Å². The van der Waals surface area contributed by atoms with Crippen LogP contribution < -0.4 is 11.0 Å². The van der Waals surface area contributed by atoms with Crippen LogP contribution in [0.1, 0.15) is 24.6 Å². The maximum Gasteiger partial charge on any atom is 0.346 e. The van der Waals surface area contributed by atoms with Gasteiger partial charge in [-0.1, -0.05) is 0 Å². The molecule has 2 heterocycles. The number of carbonyl (C=O) groups is 1. The monoisotopic (exact) mass is 411 g/mol. The van der Waals surface area contributed by atoms with Crippen LogP contribution in [-0.2, 0) is 28.4 Å². The quantitative estimate of drug-likeness (QED) is 0.771. The van der Waals surface area contributed by atoms with E-state index in [0.29, 0.717) is 30.9 Å². The third-order valence-electron chi connectivity index (χ3n) is 4.71. The van der Waals surface area contributed by atoms with E-state index in [4.69, 9.17) is 0 Å². The summed E-state index contributed by atoms with van der Waals surface area (Å²) in [5.41, 5.74) is -0.0487. The molecule has 0 radical (unpaired) electrons. The van der Waals surface area contributed by atoms with Gasteiger partial charge in [0, 0.05) is 31.7 Å². The summed E-state index contributed by atoms with van der Waals surface area (Å²) in [5.74, 6) is -0.658. The maximum absolute atomic E-state index is 12.9. The fourth-order valence-corrected chi connectivity index (χ4v) is 4.20. The molecule has 28 heavy (non-hydrogen) atoms. The summed E-state index contributed by atoms with van der Waals surface area (Å²) in [6, 6.07) is 5.28. The van der Waals surface area contributed by atoms with Crippen molar-refractivity contribution in [3.05, 3.63) is 46.4 Å². The number of aromatic nitrogens is 3. The maximum atomic E-state index is 12.9. The molecule has 1 atom stereocenters. The van der Waals surface area contributed by atoms with Gasteiger partial charge >= 0.3 is 5.69 Å². The van der Waals surface area contributed by atoms with Crippen molar-refractivity contribution < 1.29 is 17.6 Å². The van der Waals surface area contributed by atoms with Gasteiger partial charge in [0.1, 0.15) is 18.2 Å². The molecular formula is C17H22FN5O4S. The Kier molecular flexibility index (Phi) is 5.66. The van der Waals surface area contributed by atoms with E-state index in [1.165, 1.54) is 33.1 Å². The zero-order valence-corrected chi connectivity index (χ0v) is 16.4. The second-order valence-electron chi connectivity index (χ2n) is 6.87. The summed E-state index contributed by atoms with van der Waals surface area (Å²) in [6.45, 7) is 0.404. The third kappa shape index (κ3) is 4.47. The first-order chi connectivity index (χ1) is 13.1. The van der Waals surface area contributed by atoms with Crippen LogP contribution in [0.3, 0.4) is 0 Å². The Hall–Kier alpha value is -2.53. The summed E-state index contributed by atoms with van der Waals surface area (Å²) in [6.07, 6.45) is 2.54. The number of hydrogen-bond acceptors (Lipinski definition) is 5. The van der Waals surface area contributed by atoms with Crippen LogP contribution >= 0.6 is 0 Å². The van der Waals surface area contributed by atoms with Gasteiger partial charge in [0.25, 0.3) is 0 Å². The van der Waals surface area contributed by atoms with Gasteiger partial charge in [-0.3, -0.25) is 9.36 Å². The van der Waals surface area contributed by atoms with Gasteiger partial charge in [-0.15, -0.1) is 0 Å². The van der Waals surface area contributed by atoms with Crippen molar-refractivity contribution >= 4 is 21.6 Å². The van der Waals surface area contributed by atoms with Gasteiger partial charge in [0.2, 0.25) is 15.9 Å². The Morgan fingerprint density at radius 3 is 2.64 bits per heavy atom. The summed E-state index contributed by atoms with van der Waals surface area (Å²) in [4.78, 5) is 24.6. The predicted octanol–water partition coefficient (Wildman–Crippen LogP) is 0.499. The molecule has 0 bridgehead atoms. The SMILES string of the molecule is Cn1c(C2CCCN(S(C)(=O)=O)C2)nn(CC(=O)Nc2ccc(F)cc2)c1=O. The van der Waals surface area contributed by atoms with Crippen molar-refractivity contribution in [2.45, 2.75) is 25.3 Å². The molecule has 0 saturated carbocycles. The van der Waals surface area contributed by atoms with Crippen molar-refractivity contribution in [2.75, 3.05) is 24.7 Å². The topological polar surface area (TPSA) is 106 Å². The van der Waals surface area contributed by atoms with Gasteiger partial charge < -0.3 is 5.32 Å². The summed E-state index contributed by atoms with van der Waals surface area (Å²) in [5, 5.41) is 6.85. The molecule has 1 aliphatic heterocycles. The summed E-state index contributed by atoms with van der Waals surface area (Å²) < 4.78 is 40.3. The fourth-order valence-electron chi connectivity index (χ4n) is 3.29. The number of halogens is 1. The second kappa shape index (κ2) is 7.84. The van der Waals surface area contributed by atoms with E-state index in [9.17, 15) is 22.4 Å². The number of sulfonamides is 1. The van der Waals surface area contributed by atoms with E-state index < -0.39 is 27.4 Å². The normalized spacial score (nSPS) is 18.2. The Balaban J connectivity index is 1.74. The highest BCUT2D eigenvalue weighted by atomic mass is 32.2. The third-order valence-corrected chi connectivity index (χ3v) is 5.98. The van der Waals surface area contributed by atoms with Crippen LogP contribution in [0.25, 0.3) is 0 Å². The molecule has 1 aromatic heterocycles. The lowest BCUT2D eigenvalue weighted by Gasteiger charge is -2.30. The van der Waals surface area contributed by atoms with Crippen LogP contribution in [0.4, 0.5) is 10.1 Å². The molecule has 1 aromatic carbocycles. The highest BCUT2D eigenvalue weighted by molar-refractivity contribution is 7.88. The minimum Gasteiger partial charge on any atom is -0.324 e. The first kappa shape index (κ1) is 20.2. The van der Waals surface area contributed by atoms with Crippen molar-refractivity contribution in [3.8, 4) is 0 Å². The van der Waals surface area contributed by atoms with Crippen LogP contribution in [0.2, 0.25) is 0 Å². The number of rotatable bonds is 5. The van der Waals surface area contributed by atoms with E-state index in [1.54, 1.807) is 7.05 Å². The molecule has 1 aliphatic rings. The summed E-state index contributed by atoms with van der Waals surface area (Å²) in [7, 11) is -1.77. The zero-order valence-electron chi connectivity index (χ0n) is 15.6. The Morgan fingerprint density at radius 2 is 2.00 bits per heavy atom. The van der Waals surface area contributed by atoms with Gasteiger partial charge in [0.05, 0.1) is 6.26 Å². The van der Waals surface area contributed by atoms with Crippen molar-refractivity contribution in [3.63, 3.8) is 0 Å². The molecule has 11 heteroatoms. The molecule has 0 aliphatic carbocycles. The summed E-state index contributed by atoms with van der Waals surface area (Å²) >= 11 is 0. The fraction of sp³-hybridized carbons (Fsp3) is 0.471. The lowest BCUT2D eigenvalue weighted by Crippen LogP contribution is -2.39. The number of hydrogen-bond donors (Lipinski definition) is 1. The van der Waals surface area contributed by atoms with E-state index in [0.717, 1.165) is 10.9 Å². The molecule has 1 amide bonds. The Morgan fingerprint density at radius 1 is 1.32 bits per heavy atom. The van der Waals surface area contributed by atoms with E-state index >= 15 is 0 Å². The molecular weight excluding hydrogens is 389 g/mol. The molecule has 1 fully saturated rings. The van der Waals surface area contributed by atoms with Crippen LogP contribution in [0, 0.1) is 5.82 Å². The van der Waals surface area contributed by atoms with Gasteiger partial charge in [-0.05, 0) is 37.1 Å². The first-order valence-corrected chi connectivity index (χ1v) is 10.6. The molecule has 1 N–H and O–H groups in total. The number of nitrogens with zero attached hydrogens (tertiary/aromatic N) is 4. The molecule has 2 aromatic rings. The van der Waals surface area contributed by atoms with Crippen LogP contribution in [0.5, 0.6) is 0 Å². The number of amides is 1. The highest BCUT2D eigenvalue weighted by Crippen LogP contribution is 2.26. The first-order valence-electron chi connectivity index (χ1n) is 8.79. The minimum atomic E-state index is -3.32. The lowest BCUT2D eigenvalue weighted by molar-refractivity contribution is -0.117. The molecule has 152 valence electrons. The minimum absolute atomic E-state index is 0.220. The van der Waals surface area contributed by atoms with Gasteiger partial charge in [0.15, 0.2) is 0 Å². The van der Waals surface area contributed by atoms with Crippen molar-refractivity contribution in [1.82, 2.24) is 18.7 Å². The molecule has 9 nitrogen and oxygen atoms in total. The van der Waals surface area contributed by atoms with Crippen molar-refractivity contribution in [1.29, 1.82) is 0 Å². The number of benzene rings is 1. The lowest BCUT2D eigenvalue weighted by atomic mass is 9.99. The smallest absolute Gasteiger partial charge is 0.324 e. The van der Waals surface area contributed by atoms with E-state index in [2.05, 4.69) is 10.4 Å². The standard InChI is InChI=1S/C17H22FN5O4S/c1-21-16(12-4-3-9-22(10-12)28(2,26)27)20-23(17(21)25)11-15(24)19-14-7-5-13(18)6-8-14/h5-8,12H,3-4,9-11H2,1-2H3,(H,19,24). The number of nitrogens with one attached hydrogen (secondary N) is 1. The molecule has 1 saturated heterocycles. The van der Waals surface area contributed by atoms with Crippen LogP contribution in [0.15, 0.2) is 29.1 Å². The molecule has 1 unspecified atom stereocenters. The second-order valence-corrected chi connectivity index (χ2v) is 8.86. The number of anilines is 1. The zero-order chi connectivity index (χ0) is 20.5. The van der Waals surface area contributed by atoms with Gasteiger partial charge in [-0.2, -0.15) is 5.10 Å². The molecule has 3 rings (SSSR count). The average molecular weight is 411 g/mol. The number of carbonyl (C=O) groups excluding carboxylic acids is 1. The van der Waals surface area contributed by atoms with Gasteiger partial charge in [-0.25, -0.2) is 26.6 Å². The van der Waals surface area contributed by atoms with Crippen molar-refractivity contribution in [2.24, 2.45) is 7.05 Å². The predicted molar refractivity (Wildman–Crippen MR) is 101 cm³/mol. The highest BCUT2D eigenvalue weighted by Gasteiger charge is 2.30. The largest absolute Gasteiger partial charge is 0.346 e. The molecule has 0 spiro atoms. The number of piperidine rings is 1. The van der Waals surface area contributed by atoms with E-state index in [1.807, 2.05) is 0 Å². The average Bonchev–Trinajstić information content (AvgIpc) is 2.91. The Bertz CT molecular complexity index is 1030.